The Morgan fingerprint density at radius 3 is 2.14 bits per heavy atom. The Kier molecular flexibility index (Phi) is 23.5. The highest BCUT2D eigenvalue weighted by Gasteiger charge is 2.42. The molecule has 1 saturated heterocycles. The number of H-pyrrole nitrogens is 1. The van der Waals surface area contributed by atoms with E-state index >= 15 is 0 Å². The van der Waals surface area contributed by atoms with Crippen LogP contribution in [-0.2, 0) is 30.3 Å². The fraction of sp³-hybridized carbons (Fsp3) is 0.727. The van der Waals surface area contributed by atoms with Crippen molar-refractivity contribution in [2.45, 2.75) is 187 Å². The molecule has 14 heteroatoms. The number of aromatic amines is 1. The van der Waals surface area contributed by atoms with Crippen LogP contribution in [0.2, 0.25) is 0 Å². The fourth-order valence-corrected chi connectivity index (χ4v) is 6.57. The van der Waals surface area contributed by atoms with Crippen LogP contribution in [0.15, 0.2) is 36.8 Å². The van der Waals surface area contributed by atoms with Crippen LogP contribution < -0.4 is 21.3 Å². The molecule has 5 amide bonds. The van der Waals surface area contributed by atoms with Gasteiger partial charge < -0.3 is 40.6 Å². The summed E-state index contributed by atoms with van der Waals surface area (Å²) in [6.45, 7) is 13.5. The highest BCUT2D eigenvalue weighted by Crippen LogP contribution is 2.22. The van der Waals surface area contributed by atoms with Crippen molar-refractivity contribution in [2.75, 3.05) is 19.6 Å². The smallest absolute Gasteiger partial charge is 0.408 e. The van der Waals surface area contributed by atoms with Crippen LogP contribution in [0.25, 0.3) is 0 Å². The van der Waals surface area contributed by atoms with Crippen LogP contribution in [0, 0.1) is 0 Å². The van der Waals surface area contributed by atoms with E-state index in [9.17, 15) is 24.0 Å². The fourth-order valence-electron chi connectivity index (χ4n) is 6.57. The summed E-state index contributed by atoms with van der Waals surface area (Å²) in [5, 5.41) is 11.5. The second-order valence-electron chi connectivity index (χ2n) is 17.2. The van der Waals surface area contributed by atoms with Gasteiger partial charge in [0.05, 0.1) is 6.33 Å². The number of alkyl carbamates (subject to hydrolysis) is 2. The number of hydrogen-bond acceptors (Lipinski definition) is 8. The van der Waals surface area contributed by atoms with Gasteiger partial charge in [0.2, 0.25) is 17.7 Å². The third-order valence-corrected chi connectivity index (χ3v) is 9.43. The number of hydrogen-bond donors (Lipinski definition) is 5. The van der Waals surface area contributed by atoms with Crippen LogP contribution >= 0.6 is 0 Å². The summed E-state index contributed by atoms with van der Waals surface area (Å²) >= 11 is 0. The Morgan fingerprint density at radius 2 is 1.48 bits per heavy atom. The SMILES string of the molecule is CCCCC/C=C\C/C=C\CCCCCCCC(=O)N[C@H]1C[C@@H](C(=O)NCCc2cnc[nH]2)N(C(=O)[C@@H](CCCCNC(=O)OC(C)(C)C)NC(=O)OC(C)(C)C)C1. The lowest BCUT2D eigenvalue weighted by atomic mass is 10.1. The molecule has 2 heterocycles. The van der Waals surface area contributed by atoms with E-state index in [-0.39, 0.29) is 31.2 Å². The summed E-state index contributed by atoms with van der Waals surface area (Å²) in [4.78, 5) is 74.5. The van der Waals surface area contributed by atoms with Gasteiger partial charge in [0, 0.05) is 50.4 Å². The first-order valence-electron chi connectivity index (χ1n) is 21.7. The van der Waals surface area contributed by atoms with Crippen molar-refractivity contribution in [3.63, 3.8) is 0 Å². The van der Waals surface area contributed by atoms with Crippen LogP contribution in [0.1, 0.15) is 157 Å². The maximum Gasteiger partial charge on any atom is 0.408 e. The third kappa shape index (κ3) is 23.1. The van der Waals surface area contributed by atoms with Gasteiger partial charge in [-0.15, -0.1) is 0 Å². The molecule has 0 saturated carbocycles. The molecule has 58 heavy (non-hydrogen) atoms. The molecule has 0 radical (unpaired) electrons. The van der Waals surface area contributed by atoms with Crippen molar-refractivity contribution in [1.82, 2.24) is 36.1 Å². The molecule has 14 nitrogen and oxygen atoms in total. The van der Waals surface area contributed by atoms with Gasteiger partial charge in [0.15, 0.2) is 0 Å². The van der Waals surface area contributed by atoms with Gasteiger partial charge in [-0.05, 0) is 106 Å². The van der Waals surface area contributed by atoms with Gasteiger partial charge in [-0.2, -0.15) is 0 Å². The Hall–Kier alpha value is -4.36. The van der Waals surface area contributed by atoms with Gasteiger partial charge >= 0.3 is 12.2 Å². The molecule has 5 N–H and O–H groups in total. The summed E-state index contributed by atoms with van der Waals surface area (Å²) in [7, 11) is 0. The van der Waals surface area contributed by atoms with Crippen molar-refractivity contribution >= 4 is 29.9 Å². The van der Waals surface area contributed by atoms with Crippen molar-refractivity contribution in [3.8, 4) is 0 Å². The molecule has 0 spiro atoms. The number of unbranched alkanes of at least 4 members (excludes halogenated alkanes) is 9. The molecular formula is C44H75N7O7. The topological polar surface area (TPSA) is 184 Å². The van der Waals surface area contributed by atoms with E-state index in [1.54, 1.807) is 54.1 Å². The van der Waals surface area contributed by atoms with E-state index in [0.29, 0.717) is 38.8 Å². The second kappa shape index (κ2) is 27.4. The number of allylic oxidation sites excluding steroid dienone is 4. The number of carbonyl (C=O) groups excluding carboxylic acids is 5. The van der Waals surface area contributed by atoms with Crippen molar-refractivity contribution in [2.24, 2.45) is 0 Å². The molecule has 1 aromatic rings. The van der Waals surface area contributed by atoms with Crippen LogP contribution in [0.5, 0.6) is 0 Å². The van der Waals surface area contributed by atoms with Gasteiger partial charge in [0.25, 0.3) is 0 Å². The molecule has 0 aromatic carbocycles. The standard InChI is InChI=1S/C44H75N7O7/c1-8-9-10-11-12-13-14-15-16-17-18-19-20-21-22-26-38(52)49-35-30-37(39(53)46-29-27-34-31-45-33-48-34)51(32-35)40(54)36(50-42(56)58-44(5,6)7)25-23-24-28-47-41(55)57-43(2,3)4/h12-13,15-16,31,33,35-37H,8-11,14,17-30,32H2,1-7H3,(H,45,48)(H,46,53)(H,47,55)(H,49,52)(H,50,56)/b13-12-,16-15-/t35-,36+,37-/m0/s1. The number of amides is 5. The molecule has 3 atom stereocenters. The normalized spacial score (nSPS) is 16.4. The summed E-state index contributed by atoms with van der Waals surface area (Å²) in [6.07, 6.45) is 25.5. The maximum absolute atomic E-state index is 14.3. The zero-order valence-electron chi connectivity index (χ0n) is 36.6. The minimum atomic E-state index is -1.00. The number of likely N-dealkylation sites (tertiary alicyclic amines) is 1. The Labute approximate surface area is 347 Å². The number of aromatic nitrogens is 2. The molecule has 1 aliphatic rings. The Bertz CT molecular complexity index is 1420. The summed E-state index contributed by atoms with van der Waals surface area (Å²) in [6, 6.07) is -2.29. The van der Waals surface area contributed by atoms with Crippen LogP contribution in [0.3, 0.4) is 0 Å². The molecule has 1 aromatic heterocycles. The largest absolute Gasteiger partial charge is 0.444 e. The van der Waals surface area contributed by atoms with Crippen LogP contribution in [0.4, 0.5) is 9.59 Å². The van der Waals surface area contributed by atoms with Crippen molar-refractivity contribution in [1.29, 1.82) is 0 Å². The predicted molar refractivity (Wildman–Crippen MR) is 228 cm³/mol. The molecule has 1 fully saturated rings. The molecule has 2 rings (SSSR count). The van der Waals surface area contributed by atoms with Gasteiger partial charge in [-0.25, -0.2) is 14.6 Å². The average molecular weight is 814 g/mol. The lowest BCUT2D eigenvalue weighted by Crippen LogP contribution is -2.54. The van der Waals surface area contributed by atoms with Crippen molar-refractivity contribution < 1.29 is 33.4 Å². The minimum absolute atomic E-state index is 0.107. The predicted octanol–water partition coefficient (Wildman–Crippen LogP) is 7.56. The van der Waals surface area contributed by atoms with Gasteiger partial charge in [-0.3, -0.25) is 14.4 Å². The Morgan fingerprint density at radius 1 is 0.828 bits per heavy atom. The molecule has 0 aliphatic carbocycles. The van der Waals surface area contributed by atoms with E-state index in [1.165, 1.54) is 30.6 Å². The van der Waals surface area contributed by atoms with E-state index in [0.717, 1.165) is 50.6 Å². The van der Waals surface area contributed by atoms with Crippen molar-refractivity contribution in [3.05, 3.63) is 42.5 Å². The highest BCUT2D eigenvalue weighted by atomic mass is 16.6. The number of rotatable bonds is 26. The van der Waals surface area contributed by atoms with Gasteiger partial charge in [0.1, 0.15) is 23.3 Å². The zero-order chi connectivity index (χ0) is 42.8. The molecular weight excluding hydrogens is 739 g/mol. The molecule has 0 unspecified atom stereocenters. The molecule has 0 bridgehead atoms. The monoisotopic (exact) mass is 814 g/mol. The Balaban J connectivity index is 1.96. The number of imidazole rings is 1. The number of nitrogens with one attached hydrogen (secondary N) is 5. The number of carbonyl (C=O) groups is 5. The first-order chi connectivity index (χ1) is 27.6. The quantitative estimate of drug-likeness (QED) is 0.0469. The second-order valence-corrected chi connectivity index (χ2v) is 17.2. The molecule has 1 aliphatic heterocycles. The first kappa shape index (κ1) is 49.8. The van der Waals surface area contributed by atoms with E-state index in [1.807, 2.05) is 0 Å². The first-order valence-corrected chi connectivity index (χ1v) is 21.7. The lowest BCUT2D eigenvalue weighted by molar-refractivity contribution is -0.140. The summed E-state index contributed by atoms with van der Waals surface area (Å²) in [5.41, 5.74) is -0.561. The summed E-state index contributed by atoms with van der Waals surface area (Å²) < 4.78 is 10.8. The van der Waals surface area contributed by atoms with E-state index in [2.05, 4.69) is 62.5 Å². The summed E-state index contributed by atoms with van der Waals surface area (Å²) in [5.74, 6) is -0.884. The van der Waals surface area contributed by atoms with E-state index in [4.69, 9.17) is 9.47 Å². The maximum atomic E-state index is 14.3. The number of nitrogens with zero attached hydrogens (tertiary/aromatic N) is 2. The van der Waals surface area contributed by atoms with Crippen LogP contribution in [-0.4, -0.2) is 93.7 Å². The third-order valence-electron chi connectivity index (χ3n) is 9.43. The van der Waals surface area contributed by atoms with E-state index < -0.39 is 47.4 Å². The zero-order valence-corrected chi connectivity index (χ0v) is 36.6. The lowest BCUT2D eigenvalue weighted by Gasteiger charge is -2.29. The minimum Gasteiger partial charge on any atom is -0.444 e. The molecule has 328 valence electrons. The number of ether oxygens (including phenoxy) is 2. The highest BCUT2D eigenvalue weighted by molar-refractivity contribution is 5.92. The van der Waals surface area contributed by atoms with Gasteiger partial charge in [-0.1, -0.05) is 63.3 Å². The average Bonchev–Trinajstić information content (AvgIpc) is 3.81.